The van der Waals surface area contributed by atoms with Crippen LogP contribution in [0.25, 0.3) is 11.0 Å². The highest BCUT2D eigenvalue weighted by Crippen LogP contribution is 2.27. The molecule has 1 saturated heterocycles. The number of hydrogen-bond donors (Lipinski definition) is 1. The van der Waals surface area contributed by atoms with Crippen LogP contribution < -0.4 is 10.4 Å². The van der Waals surface area contributed by atoms with Gasteiger partial charge in [0.2, 0.25) is 0 Å². The molecule has 7 heteroatoms. The summed E-state index contributed by atoms with van der Waals surface area (Å²) in [5.74, 6) is 0.505. The first kappa shape index (κ1) is 16.9. The number of fused-ring (bicyclic) bond motifs is 1. The van der Waals surface area contributed by atoms with Crippen LogP contribution in [0.5, 0.6) is 5.75 Å². The predicted octanol–water partition coefficient (Wildman–Crippen LogP) is 1.23. The van der Waals surface area contributed by atoms with Crippen LogP contribution in [0, 0.1) is 6.92 Å². The Hall–Kier alpha value is -1.93. The van der Waals surface area contributed by atoms with Crippen LogP contribution in [0.4, 0.5) is 0 Å². The van der Waals surface area contributed by atoms with E-state index in [1.807, 2.05) is 6.92 Å². The normalized spacial score (nSPS) is 27.3. The standard InChI is InChI=1S/C17H20O7/c1-9-6-14(18)24-12-5-4-10(7-11(9)12)23-16-15(19)13(20-2)8-22-17(16)21-3/h4-7,13,15-17,19H,8H2,1-3H3/t13-,15-,16?,17-/m1/s1. The largest absolute Gasteiger partial charge is 0.482 e. The van der Waals surface area contributed by atoms with E-state index in [0.29, 0.717) is 11.3 Å². The molecule has 1 aliphatic rings. The Morgan fingerprint density at radius 1 is 1.21 bits per heavy atom. The number of rotatable bonds is 4. The number of benzene rings is 1. The van der Waals surface area contributed by atoms with Crippen molar-refractivity contribution in [2.45, 2.75) is 31.5 Å². The van der Waals surface area contributed by atoms with E-state index in [-0.39, 0.29) is 6.61 Å². The maximum absolute atomic E-state index is 11.4. The Balaban J connectivity index is 1.91. The number of ether oxygens (including phenoxy) is 4. The molecule has 4 atom stereocenters. The molecule has 0 radical (unpaired) electrons. The SMILES string of the molecule is CO[C@@H]1OC[C@@H](OC)[C@@H](O)C1Oc1ccc2oc(=O)cc(C)c2c1. The Morgan fingerprint density at radius 3 is 2.71 bits per heavy atom. The smallest absolute Gasteiger partial charge is 0.336 e. The van der Waals surface area contributed by atoms with Crippen molar-refractivity contribution in [2.75, 3.05) is 20.8 Å². The number of aliphatic hydroxyl groups excluding tert-OH is 1. The van der Waals surface area contributed by atoms with E-state index in [9.17, 15) is 9.90 Å². The summed E-state index contributed by atoms with van der Waals surface area (Å²) in [6, 6.07) is 6.50. The van der Waals surface area contributed by atoms with Gasteiger partial charge < -0.3 is 28.5 Å². The molecular formula is C17H20O7. The number of aliphatic hydroxyl groups is 1. The highest BCUT2D eigenvalue weighted by molar-refractivity contribution is 5.81. The molecule has 0 spiro atoms. The van der Waals surface area contributed by atoms with Crippen molar-refractivity contribution in [3.05, 3.63) is 40.2 Å². The fourth-order valence-electron chi connectivity index (χ4n) is 2.82. The van der Waals surface area contributed by atoms with Gasteiger partial charge in [-0.1, -0.05) is 0 Å². The molecule has 0 amide bonds. The summed E-state index contributed by atoms with van der Waals surface area (Å²) in [4.78, 5) is 11.4. The molecule has 1 unspecified atom stereocenters. The van der Waals surface area contributed by atoms with Crippen molar-refractivity contribution in [1.82, 2.24) is 0 Å². The monoisotopic (exact) mass is 336 g/mol. The van der Waals surface area contributed by atoms with E-state index < -0.39 is 30.2 Å². The van der Waals surface area contributed by atoms with Gasteiger partial charge in [-0.2, -0.15) is 0 Å². The maximum atomic E-state index is 11.4. The summed E-state index contributed by atoms with van der Waals surface area (Å²) in [6.07, 6.45) is -2.86. The average molecular weight is 336 g/mol. The molecule has 1 N–H and O–H groups in total. The zero-order valence-corrected chi connectivity index (χ0v) is 13.7. The lowest BCUT2D eigenvalue weighted by Gasteiger charge is -2.38. The lowest BCUT2D eigenvalue weighted by Crippen LogP contribution is -2.56. The molecular weight excluding hydrogens is 316 g/mol. The van der Waals surface area contributed by atoms with Crippen molar-refractivity contribution in [3.63, 3.8) is 0 Å². The molecule has 1 aromatic carbocycles. The highest BCUT2D eigenvalue weighted by atomic mass is 16.7. The van der Waals surface area contributed by atoms with Crippen LogP contribution >= 0.6 is 0 Å². The quantitative estimate of drug-likeness (QED) is 0.840. The molecule has 3 rings (SSSR count). The van der Waals surface area contributed by atoms with Gasteiger partial charge >= 0.3 is 5.63 Å². The third kappa shape index (κ3) is 3.16. The Morgan fingerprint density at radius 2 is 2.00 bits per heavy atom. The first-order valence-electron chi connectivity index (χ1n) is 7.60. The van der Waals surface area contributed by atoms with Crippen molar-refractivity contribution in [2.24, 2.45) is 0 Å². The molecule has 2 aromatic rings. The molecule has 130 valence electrons. The van der Waals surface area contributed by atoms with E-state index in [0.717, 1.165) is 10.9 Å². The van der Waals surface area contributed by atoms with Crippen LogP contribution in [0.1, 0.15) is 5.56 Å². The topological polar surface area (TPSA) is 87.4 Å². The van der Waals surface area contributed by atoms with Gasteiger partial charge in [0.05, 0.1) is 6.61 Å². The minimum absolute atomic E-state index is 0.220. The van der Waals surface area contributed by atoms with E-state index in [1.165, 1.54) is 20.3 Å². The third-order valence-corrected chi connectivity index (χ3v) is 4.14. The summed E-state index contributed by atoms with van der Waals surface area (Å²) >= 11 is 0. The molecule has 0 aliphatic carbocycles. The molecule has 7 nitrogen and oxygen atoms in total. The summed E-state index contributed by atoms with van der Waals surface area (Å²) in [5, 5.41) is 11.2. The fraction of sp³-hybridized carbons (Fsp3) is 0.471. The van der Waals surface area contributed by atoms with Crippen LogP contribution in [0.15, 0.2) is 33.5 Å². The number of hydrogen-bond acceptors (Lipinski definition) is 7. The molecule has 1 fully saturated rings. The first-order chi connectivity index (χ1) is 11.5. The van der Waals surface area contributed by atoms with Crippen LogP contribution in [-0.2, 0) is 14.2 Å². The average Bonchev–Trinajstić information content (AvgIpc) is 2.57. The van der Waals surface area contributed by atoms with Crippen molar-refractivity contribution in [1.29, 1.82) is 0 Å². The third-order valence-electron chi connectivity index (χ3n) is 4.14. The van der Waals surface area contributed by atoms with E-state index in [2.05, 4.69) is 0 Å². The number of aryl methyl sites for hydroxylation is 1. The second-order valence-electron chi connectivity index (χ2n) is 5.69. The second kappa shape index (κ2) is 6.90. The van der Waals surface area contributed by atoms with Crippen molar-refractivity contribution < 1.29 is 28.5 Å². The second-order valence-corrected chi connectivity index (χ2v) is 5.69. The van der Waals surface area contributed by atoms with Gasteiger partial charge in [-0.15, -0.1) is 0 Å². The molecule has 1 aliphatic heterocycles. The van der Waals surface area contributed by atoms with Gasteiger partial charge in [0, 0.05) is 25.7 Å². The summed E-state index contributed by atoms with van der Waals surface area (Å²) in [6.45, 7) is 2.04. The van der Waals surface area contributed by atoms with E-state index >= 15 is 0 Å². The van der Waals surface area contributed by atoms with Gasteiger partial charge in [0.1, 0.15) is 23.5 Å². The highest BCUT2D eigenvalue weighted by Gasteiger charge is 2.41. The molecule has 0 bridgehead atoms. The van der Waals surface area contributed by atoms with Crippen LogP contribution in [0.3, 0.4) is 0 Å². The van der Waals surface area contributed by atoms with E-state index in [1.54, 1.807) is 18.2 Å². The minimum Gasteiger partial charge on any atom is -0.482 e. The Labute approximate surface area is 138 Å². The molecule has 24 heavy (non-hydrogen) atoms. The fourth-order valence-corrected chi connectivity index (χ4v) is 2.82. The first-order valence-corrected chi connectivity index (χ1v) is 7.60. The minimum atomic E-state index is -0.904. The van der Waals surface area contributed by atoms with Gasteiger partial charge in [-0.3, -0.25) is 0 Å². The molecule has 2 heterocycles. The Kier molecular flexibility index (Phi) is 4.86. The summed E-state index contributed by atoms with van der Waals surface area (Å²) < 4.78 is 27.0. The van der Waals surface area contributed by atoms with Gasteiger partial charge in [-0.25, -0.2) is 4.79 Å². The lowest BCUT2D eigenvalue weighted by molar-refractivity contribution is -0.258. The van der Waals surface area contributed by atoms with Gasteiger partial charge in [0.25, 0.3) is 0 Å². The number of methoxy groups -OCH3 is 2. The lowest BCUT2D eigenvalue weighted by atomic mass is 10.0. The summed E-state index contributed by atoms with van der Waals surface area (Å²) in [5.41, 5.74) is 0.864. The predicted molar refractivity (Wildman–Crippen MR) is 85.2 cm³/mol. The zero-order valence-electron chi connectivity index (χ0n) is 13.7. The van der Waals surface area contributed by atoms with Crippen molar-refractivity contribution >= 4 is 11.0 Å². The van der Waals surface area contributed by atoms with Gasteiger partial charge in [0.15, 0.2) is 12.4 Å². The maximum Gasteiger partial charge on any atom is 0.336 e. The molecule has 1 aromatic heterocycles. The summed E-state index contributed by atoms with van der Waals surface area (Å²) in [7, 11) is 2.99. The van der Waals surface area contributed by atoms with Crippen LogP contribution in [0.2, 0.25) is 0 Å². The Bertz CT molecular complexity index is 769. The van der Waals surface area contributed by atoms with Gasteiger partial charge in [-0.05, 0) is 30.7 Å². The zero-order chi connectivity index (χ0) is 17.3. The van der Waals surface area contributed by atoms with E-state index in [4.69, 9.17) is 23.4 Å². The molecule has 0 saturated carbocycles. The van der Waals surface area contributed by atoms with Crippen LogP contribution in [-0.4, -0.2) is 50.5 Å². The van der Waals surface area contributed by atoms with Crippen molar-refractivity contribution in [3.8, 4) is 5.75 Å².